The quantitative estimate of drug-likeness (QED) is 0.765. The minimum absolute atomic E-state index is 0.182. The molecule has 2 atom stereocenters. The fraction of sp³-hybridized carbons (Fsp3) is 0.500. The number of carbonyl (C=O) groups is 1. The van der Waals surface area contributed by atoms with Crippen molar-refractivity contribution in [2.24, 2.45) is 11.7 Å². The standard InChI is InChI=1S/C14H22N2O/c1-10(2)9-13(16-11(3)14(15)17)12-7-5-4-6-8-12/h4-8,10-11,13,16H,9H2,1-3H3,(H2,15,17)/p+1/t11-,13-/m0/s1. The maximum atomic E-state index is 11.1. The Labute approximate surface area is 103 Å². The summed E-state index contributed by atoms with van der Waals surface area (Å²) in [7, 11) is 0. The lowest BCUT2D eigenvalue weighted by molar-refractivity contribution is -0.714. The van der Waals surface area contributed by atoms with Crippen molar-refractivity contribution in [1.82, 2.24) is 0 Å². The van der Waals surface area contributed by atoms with E-state index in [1.807, 2.05) is 25.1 Å². The summed E-state index contributed by atoms with van der Waals surface area (Å²) in [6.07, 6.45) is 1.04. The average molecular weight is 235 g/mol. The molecule has 0 radical (unpaired) electrons. The molecule has 0 unspecified atom stereocenters. The third-order valence-electron chi connectivity index (χ3n) is 2.92. The molecule has 0 aromatic heterocycles. The van der Waals surface area contributed by atoms with Crippen LogP contribution >= 0.6 is 0 Å². The van der Waals surface area contributed by atoms with Gasteiger partial charge in [0.2, 0.25) is 0 Å². The molecule has 1 aromatic carbocycles. The van der Waals surface area contributed by atoms with Gasteiger partial charge >= 0.3 is 0 Å². The number of primary amides is 1. The van der Waals surface area contributed by atoms with Crippen LogP contribution in [0.5, 0.6) is 0 Å². The first-order valence-corrected chi connectivity index (χ1v) is 6.20. The predicted octanol–water partition coefficient (Wildman–Crippen LogP) is 1.21. The highest BCUT2D eigenvalue weighted by molar-refractivity contribution is 5.77. The molecule has 3 heteroatoms. The number of rotatable bonds is 6. The molecule has 3 nitrogen and oxygen atoms in total. The molecule has 0 bridgehead atoms. The van der Waals surface area contributed by atoms with Crippen LogP contribution in [0.2, 0.25) is 0 Å². The van der Waals surface area contributed by atoms with Crippen molar-refractivity contribution in [3.05, 3.63) is 35.9 Å². The smallest absolute Gasteiger partial charge is 0.275 e. The summed E-state index contributed by atoms with van der Waals surface area (Å²) in [6.45, 7) is 6.25. The summed E-state index contributed by atoms with van der Waals surface area (Å²) in [5.74, 6) is 0.339. The zero-order valence-electron chi connectivity index (χ0n) is 10.9. The van der Waals surface area contributed by atoms with E-state index in [0.717, 1.165) is 6.42 Å². The number of benzene rings is 1. The Balaban J connectivity index is 2.77. The fourth-order valence-electron chi connectivity index (χ4n) is 1.98. The average Bonchev–Trinajstić information content (AvgIpc) is 2.28. The van der Waals surface area contributed by atoms with Crippen molar-refractivity contribution in [3.8, 4) is 0 Å². The second-order valence-electron chi connectivity index (χ2n) is 5.03. The van der Waals surface area contributed by atoms with Gasteiger partial charge in [-0.25, -0.2) is 0 Å². The van der Waals surface area contributed by atoms with Gasteiger partial charge in [0.05, 0.1) is 0 Å². The highest BCUT2D eigenvalue weighted by Crippen LogP contribution is 2.17. The maximum Gasteiger partial charge on any atom is 0.275 e. The van der Waals surface area contributed by atoms with Gasteiger partial charge in [-0.15, -0.1) is 0 Å². The van der Waals surface area contributed by atoms with E-state index in [-0.39, 0.29) is 11.9 Å². The van der Waals surface area contributed by atoms with Crippen LogP contribution in [0.4, 0.5) is 0 Å². The second-order valence-corrected chi connectivity index (χ2v) is 5.03. The lowest BCUT2D eigenvalue weighted by atomic mass is 9.96. The molecule has 0 spiro atoms. The van der Waals surface area contributed by atoms with Crippen molar-refractivity contribution in [3.63, 3.8) is 0 Å². The van der Waals surface area contributed by atoms with E-state index in [0.29, 0.717) is 12.0 Å². The van der Waals surface area contributed by atoms with Crippen molar-refractivity contribution in [2.45, 2.75) is 39.3 Å². The molecule has 17 heavy (non-hydrogen) atoms. The number of hydrogen-bond donors (Lipinski definition) is 2. The first-order chi connectivity index (χ1) is 8.00. The van der Waals surface area contributed by atoms with Crippen LogP contribution in [-0.4, -0.2) is 11.9 Å². The van der Waals surface area contributed by atoms with E-state index < -0.39 is 0 Å². The number of carbonyl (C=O) groups excluding carboxylic acids is 1. The molecule has 1 aromatic rings. The number of amides is 1. The second kappa shape index (κ2) is 6.40. The molecule has 0 heterocycles. The summed E-state index contributed by atoms with van der Waals surface area (Å²) >= 11 is 0. The highest BCUT2D eigenvalue weighted by Gasteiger charge is 2.22. The van der Waals surface area contributed by atoms with E-state index in [1.54, 1.807) is 0 Å². The number of quaternary nitrogens is 1. The Kier molecular flexibility index (Phi) is 5.16. The maximum absolute atomic E-state index is 11.1. The molecule has 0 aliphatic heterocycles. The third-order valence-corrected chi connectivity index (χ3v) is 2.92. The van der Waals surface area contributed by atoms with Gasteiger partial charge in [0.1, 0.15) is 6.04 Å². The molecule has 0 saturated carbocycles. The Hall–Kier alpha value is -1.35. The van der Waals surface area contributed by atoms with E-state index in [2.05, 4.69) is 31.3 Å². The lowest BCUT2D eigenvalue weighted by Crippen LogP contribution is -2.92. The predicted molar refractivity (Wildman–Crippen MR) is 69.2 cm³/mol. The highest BCUT2D eigenvalue weighted by atomic mass is 16.1. The van der Waals surface area contributed by atoms with Crippen LogP contribution in [0.15, 0.2) is 30.3 Å². The molecule has 0 saturated heterocycles. The first kappa shape index (κ1) is 13.7. The lowest BCUT2D eigenvalue weighted by Gasteiger charge is -2.20. The summed E-state index contributed by atoms with van der Waals surface area (Å²) in [5, 5.41) is 2.07. The third kappa shape index (κ3) is 4.57. The molecule has 0 fully saturated rings. The fourth-order valence-corrected chi connectivity index (χ4v) is 1.98. The summed E-state index contributed by atoms with van der Waals surface area (Å²) < 4.78 is 0. The van der Waals surface area contributed by atoms with Crippen LogP contribution in [0, 0.1) is 5.92 Å². The molecular weight excluding hydrogens is 212 g/mol. The SMILES string of the molecule is CC(C)C[C@H]([NH2+][C@@H](C)C(N)=O)c1ccccc1. The normalized spacial score (nSPS) is 14.6. The monoisotopic (exact) mass is 235 g/mol. The Bertz CT molecular complexity index is 348. The van der Waals surface area contributed by atoms with E-state index in [9.17, 15) is 4.79 Å². The Morgan fingerprint density at radius 2 is 1.82 bits per heavy atom. The number of hydrogen-bond acceptors (Lipinski definition) is 1. The van der Waals surface area contributed by atoms with Crippen LogP contribution in [0.1, 0.15) is 38.8 Å². The van der Waals surface area contributed by atoms with Crippen molar-refractivity contribution in [2.75, 3.05) is 0 Å². The Morgan fingerprint density at radius 3 is 2.29 bits per heavy atom. The molecule has 1 amide bonds. The van der Waals surface area contributed by atoms with Gasteiger partial charge in [0, 0.05) is 12.0 Å². The van der Waals surface area contributed by atoms with Crippen molar-refractivity contribution >= 4 is 5.91 Å². The van der Waals surface area contributed by atoms with Gasteiger partial charge in [0.15, 0.2) is 6.04 Å². The summed E-state index contributed by atoms with van der Waals surface area (Å²) in [6, 6.07) is 10.4. The summed E-state index contributed by atoms with van der Waals surface area (Å²) in [4.78, 5) is 11.1. The summed E-state index contributed by atoms with van der Waals surface area (Å²) in [5.41, 5.74) is 6.58. The number of nitrogens with two attached hydrogens (primary N) is 2. The molecule has 0 aliphatic rings. The minimum Gasteiger partial charge on any atom is -0.365 e. The topological polar surface area (TPSA) is 59.7 Å². The molecule has 4 N–H and O–H groups in total. The molecule has 1 rings (SSSR count). The van der Waals surface area contributed by atoms with Gasteiger partial charge in [-0.1, -0.05) is 44.2 Å². The molecule has 0 aliphatic carbocycles. The van der Waals surface area contributed by atoms with E-state index >= 15 is 0 Å². The van der Waals surface area contributed by atoms with E-state index in [1.165, 1.54) is 5.56 Å². The van der Waals surface area contributed by atoms with E-state index in [4.69, 9.17) is 5.73 Å². The van der Waals surface area contributed by atoms with Crippen LogP contribution in [0.25, 0.3) is 0 Å². The van der Waals surface area contributed by atoms with Gasteiger partial charge in [-0.3, -0.25) is 4.79 Å². The Morgan fingerprint density at radius 1 is 1.24 bits per heavy atom. The molecule has 94 valence electrons. The van der Waals surface area contributed by atoms with Crippen LogP contribution in [0.3, 0.4) is 0 Å². The zero-order chi connectivity index (χ0) is 12.8. The minimum atomic E-state index is -0.255. The first-order valence-electron chi connectivity index (χ1n) is 6.20. The van der Waals surface area contributed by atoms with Crippen LogP contribution < -0.4 is 11.1 Å². The largest absolute Gasteiger partial charge is 0.365 e. The van der Waals surface area contributed by atoms with Crippen molar-refractivity contribution in [1.29, 1.82) is 0 Å². The van der Waals surface area contributed by atoms with Crippen molar-refractivity contribution < 1.29 is 10.1 Å². The van der Waals surface area contributed by atoms with Gasteiger partial charge in [-0.2, -0.15) is 0 Å². The molecular formula is C14H23N2O+. The zero-order valence-corrected chi connectivity index (χ0v) is 10.9. The van der Waals surface area contributed by atoms with Gasteiger partial charge in [0.25, 0.3) is 5.91 Å². The van der Waals surface area contributed by atoms with Gasteiger partial charge in [-0.05, 0) is 12.8 Å². The van der Waals surface area contributed by atoms with Crippen LogP contribution in [-0.2, 0) is 4.79 Å². The van der Waals surface area contributed by atoms with Gasteiger partial charge < -0.3 is 11.1 Å².